The minimum Gasteiger partial charge on any atom is -0.478 e. The van der Waals surface area contributed by atoms with Gasteiger partial charge >= 0.3 is 5.97 Å². The van der Waals surface area contributed by atoms with Crippen molar-refractivity contribution >= 4 is 29.5 Å². The lowest BCUT2D eigenvalue weighted by Gasteiger charge is -2.19. The van der Waals surface area contributed by atoms with E-state index in [1.807, 2.05) is 39.2 Å². The quantitative estimate of drug-likeness (QED) is 0.240. The number of aromatic carboxylic acids is 1. The Balaban J connectivity index is 0.000000326. The Morgan fingerprint density at radius 3 is 2.41 bits per heavy atom. The molecule has 0 fully saturated rings. The second-order valence-electron chi connectivity index (χ2n) is 7.00. The third-order valence-electron chi connectivity index (χ3n) is 4.72. The zero-order valence-corrected chi connectivity index (χ0v) is 21.3. The number of pyridine rings is 2. The number of carboxylic acids is 1. The molecule has 3 rings (SSSR count). The first kappa shape index (κ1) is 28.7. The van der Waals surface area contributed by atoms with Gasteiger partial charge in [-0.3, -0.25) is 15.8 Å². The van der Waals surface area contributed by atoms with Gasteiger partial charge in [0, 0.05) is 18.1 Å². The molecule has 0 spiro atoms. The average molecular weight is 482 g/mol. The average Bonchev–Trinajstić information content (AvgIpc) is 2.87. The number of thiocarbonyl (C=S) groups is 1. The molecule has 0 aliphatic rings. The molecule has 1 aromatic carbocycles. The summed E-state index contributed by atoms with van der Waals surface area (Å²) in [5.41, 5.74) is 11.3. The number of nitrogens with zero attached hydrogens (tertiary/aromatic N) is 2. The third kappa shape index (κ3) is 8.88. The third-order valence-corrected chi connectivity index (χ3v) is 4.84. The van der Waals surface area contributed by atoms with Crippen molar-refractivity contribution in [1.82, 2.24) is 20.7 Å². The number of anilines is 1. The number of rotatable bonds is 9. The highest BCUT2D eigenvalue weighted by molar-refractivity contribution is 7.78. The van der Waals surface area contributed by atoms with E-state index in [9.17, 15) is 4.79 Å². The highest BCUT2D eigenvalue weighted by Gasteiger charge is 2.15. The van der Waals surface area contributed by atoms with Crippen LogP contribution in [0.5, 0.6) is 0 Å². The van der Waals surface area contributed by atoms with Gasteiger partial charge in [0.05, 0.1) is 17.1 Å². The molecule has 0 aliphatic heterocycles. The normalized spacial score (nSPS) is 10.5. The van der Waals surface area contributed by atoms with E-state index in [0.29, 0.717) is 5.82 Å². The largest absolute Gasteiger partial charge is 0.478 e. The minimum atomic E-state index is -0.991. The maximum Gasteiger partial charge on any atom is 0.337 e. The maximum absolute atomic E-state index is 10.6. The molecule has 4 N–H and O–H groups in total. The molecule has 1 atom stereocenters. The molecule has 7 nitrogen and oxygen atoms in total. The number of nitrogens with one attached hydrogen (secondary N) is 3. The van der Waals surface area contributed by atoms with Gasteiger partial charge in [0.15, 0.2) is 0 Å². The molecule has 0 aliphatic carbocycles. The number of hydrogen-bond donors (Lipinski definition) is 4. The van der Waals surface area contributed by atoms with Crippen LogP contribution < -0.4 is 16.2 Å². The summed E-state index contributed by atoms with van der Waals surface area (Å²) >= 11 is 4.54. The van der Waals surface area contributed by atoms with Crippen LogP contribution in [0.15, 0.2) is 60.9 Å². The molecule has 0 amide bonds. The van der Waals surface area contributed by atoms with E-state index in [4.69, 9.17) is 5.11 Å². The lowest BCUT2D eigenvalue weighted by atomic mass is 9.96. The minimum absolute atomic E-state index is 0.162. The van der Waals surface area contributed by atoms with Crippen molar-refractivity contribution < 1.29 is 9.90 Å². The zero-order valence-electron chi connectivity index (χ0n) is 20.5. The van der Waals surface area contributed by atoms with Crippen molar-refractivity contribution in [3.05, 3.63) is 88.9 Å². The van der Waals surface area contributed by atoms with Crippen molar-refractivity contribution in [2.24, 2.45) is 0 Å². The van der Waals surface area contributed by atoms with Crippen LogP contribution in [-0.4, -0.2) is 33.6 Å². The van der Waals surface area contributed by atoms with Crippen LogP contribution >= 0.6 is 12.2 Å². The van der Waals surface area contributed by atoms with Crippen LogP contribution in [0.3, 0.4) is 0 Å². The Morgan fingerprint density at radius 2 is 1.85 bits per heavy atom. The number of aromatic nitrogens is 2. The number of carbonyl (C=O) groups is 1. The molecule has 2 heterocycles. The van der Waals surface area contributed by atoms with E-state index in [-0.39, 0.29) is 11.6 Å². The number of hydrazine groups is 1. The van der Waals surface area contributed by atoms with Gasteiger partial charge in [-0.05, 0) is 49.2 Å². The Morgan fingerprint density at radius 1 is 1.15 bits per heavy atom. The summed E-state index contributed by atoms with van der Waals surface area (Å²) < 4.78 is 0. The highest BCUT2D eigenvalue weighted by Crippen LogP contribution is 2.24. The summed E-state index contributed by atoms with van der Waals surface area (Å²) in [6.45, 7) is 7.95. The first-order valence-electron chi connectivity index (χ1n) is 11.3. The molecule has 1 unspecified atom stereocenters. The van der Waals surface area contributed by atoms with Crippen molar-refractivity contribution in [2.75, 3.05) is 12.5 Å². The van der Waals surface area contributed by atoms with Crippen molar-refractivity contribution in [3.63, 3.8) is 0 Å². The second-order valence-corrected chi connectivity index (χ2v) is 7.24. The fourth-order valence-electron chi connectivity index (χ4n) is 3.23. The Labute approximate surface area is 208 Å². The molecule has 8 heteroatoms. The van der Waals surface area contributed by atoms with E-state index < -0.39 is 5.97 Å². The van der Waals surface area contributed by atoms with E-state index in [1.165, 1.54) is 34.6 Å². The fraction of sp³-hybridized carbons (Fsp3) is 0.308. The number of benzene rings is 1. The molecule has 34 heavy (non-hydrogen) atoms. The standard InChI is InChI=1S/C16H20N2.C8H9N3O2S.C2H6/c1-3-8-15-14(11-7-12-18-15)16(17-2)13-9-5-4-6-10-13;1-5-2-6(8(12)13)3-9-7(5)11-10-4-14;1-2/h4-7,9-12,16-17H,3,8H2,1-2H3;2-4H,1H3,(H,9,11)(H,10,14)(H,12,13);1-2H3. The molecule has 0 radical (unpaired) electrons. The van der Waals surface area contributed by atoms with E-state index in [2.05, 4.69) is 75.6 Å². The van der Waals surface area contributed by atoms with Crippen LogP contribution in [0.1, 0.15) is 66.0 Å². The number of hydrogen-bond acceptors (Lipinski definition) is 6. The van der Waals surface area contributed by atoms with Crippen molar-refractivity contribution in [2.45, 2.75) is 46.6 Å². The summed E-state index contributed by atoms with van der Waals surface area (Å²) in [5, 5.41) is 12.1. The van der Waals surface area contributed by atoms with Gasteiger partial charge in [-0.15, -0.1) is 0 Å². The van der Waals surface area contributed by atoms with Gasteiger partial charge in [-0.2, -0.15) is 0 Å². The predicted octanol–water partition coefficient (Wildman–Crippen LogP) is 5.33. The summed E-state index contributed by atoms with van der Waals surface area (Å²) in [6.07, 6.45) is 5.31. The fourth-order valence-corrected chi connectivity index (χ4v) is 3.29. The molecular weight excluding hydrogens is 446 g/mol. The zero-order chi connectivity index (χ0) is 25.3. The van der Waals surface area contributed by atoms with Gasteiger partial charge in [0.2, 0.25) is 0 Å². The first-order chi connectivity index (χ1) is 16.5. The lowest BCUT2D eigenvalue weighted by Crippen LogP contribution is -2.20. The summed E-state index contributed by atoms with van der Waals surface area (Å²) in [5.74, 6) is -0.439. The Hall–Kier alpha value is -3.36. The van der Waals surface area contributed by atoms with Crippen LogP contribution in [0, 0.1) is 6.92 Å². The van der Waals surface area contributed by atoms with E-state index in [0.717, 1.165) is 18.4 Å². The highest BCUT2D eigenvalue weighted by atomic mass is 32.1. The molecule has 3 aromatic rings. The summed E-state index contributed by atoms with van der Waals surface area (Å²) in [7, 11) is 2.00. The second kappa shape index (κ2) is 16.3. The SMILES string of the molecule is CC.CCCc1ncccc1C(NC)c1ccccc1.Cc1cc(C(=O)O)cnc1NNC=S. The Kier molecular flexibility index (Phi) is 13.7. The number of aryl methyl sites for hydroxylation is 2. The van der Waals surface area contributed by atoms with Crippen LogP contribution in [-0.2, 0) is 6.42 Å². The number of carboxylic acid groups (broad SMARTS) is 1. The summed E-state index contributed by atoms with van der Waals surface area (Å²) in [6, 6.07) is 16.5. The van der Waals surface area contributed by atoms with Gasteiger partial charge in [-0.1, -0.05) is 75.8 Å². The van der Waals surface area contributed by atoms with Gasteiger partial charge in [-0.25, -0.2) is 9.78 Å². The van der Waals surface area contributed by atoms with Gasteiger partial charge in [0.1, 0.15) is 5.82 Å². The molecule has 0 bridgehead atoms. The summed E-state index contributed by atoms with van der Waals surface area (Å²) in [4.78, 5) is 19.0. The maximum atomic E-state index is 10.6. The lowest BCUT2D eigenvalue weighted by molar-refractivity contribution is 0.0696. The van der Waals surface area contributed by atoms with Gasteiger partial charge in [0.25, 0.3) is 0 Å². The monoisotopic (exact) mass is 481 g/mol. The van der Waals surface area contributed by atoms with Crippen LogP contribution in [0.4, 0.5) is 5.82 Å². The van der Waals surface area contributed by atoms with Crippen molar-refractivity contribution in [3.8, 4) is 0 Å². The van der Waals surface area contributed by atoms with Crippen LogP contribution in [0.2, 0.25) is 0 Å². The molecule has 2 aromatic heterocycles. The van der Waals surface area contributed by atoms with Gasteiger partial charge < -0.3 is 10.4 Å². The van der Waals surface area contributed by atoms with E-state index >= 15 is 0 Å². The Bertz CT molecular complexity index is 1020. The van der Waals surface area contributed by atoms with E-state index in [1.54, 1.807) is 6.92 Å². The molecule has 0 saturated heterocycles. The molecule has 0 saturated carbocycles. The molecule has 182 valence electrons. The predicted molar refractivity (Wildman–Crippen MR) is 143 cm³/mol. The first-order valence-corrected chi connectivity index (χ1v) is 11.8. The van der Waals surface area contributed by atoms with Crippen LogP contribution in [0.25, 0.3) is 0 Å². The topological polar surface area (TPSA) is 99.2 Å². The molecular formula is C26H35N5O2S. The smallest absolute Gasteiger partial charge is 0.337 e. The van der Waals surface area contributed by atoms with Crippen molar-refractivity contribution in [1.29, 1.82) is 0 Å².